The minimum absolute atomic E-state index is 0.0167. The van der Waals surface area contributed by atoms with E-state index >= 15 is 0 Å². The molecular formula is C49H79NO7. The van der Waals surface area contributed by atoms with Gasteiger partial charge >= 0.3 is 11.9 Å². The van der Waals surface area contributed by atoms with Gasteiger partial charge in [-0.05, 0) is 70.6 Å². The highest BCUT2D eigenvalue weighted by Gasteiger charge is 2.25. The molecule has 0 spiro atoms. The van der Waals surface area contributed by atoms with E-state index in [4.69, 9.17) is 14.2 Å². The van der Waals surface area contributed by atoms with Gasteiger partial charge < -0.3 is 28.6 Å². The number of allylic oxidation sites excluding steroid dienone is 16. The Kier molecular flexibility index (Phi) is 36.5. The molecule has 0 aliphatic rings. The van der Waals surface area contributed by atoms with Crippen LogP contribution in [0.15, 0.2) is 97.2 Å². The highest BCUT2D eigenvalue weighted by molar-refractivity contribution is 5.70. The first-order chi connectivity index (χ1) is 27.6. The molecule has 0 aliphatic carbocycles. The summed E-state index contributed by atoms with van der Waals surface area (Å²) in [5.41, 5.74) is 0. The van der Waals surface area contributed by atoms with E-state index in [1.54, 1.807) is 21.1 Å². The molecule has 0 N–H and O–H groups in total. The molecule has 0 saturated heterocycles. The summed E-state index contributed by atoms with van der Waals surface area (Å²) in [6.07, 6.45) is 51.5. The molecular weight excluding hydrogens is 715 g/mol. The van der Waals surface area contributed by atoms with E-state index in [0.717, 1.165) is 89.9 Å². The van der Waals surface area contributed by atoms with Crippen LogP contribution in [-0.2, 0) is 28.6 Å². The van der Waals surface area contributed by atoms with Crippen molar-refractivity contribution in [1.82, 2.24) is 0 Å². The van der Waals surface area contributed by atoms with Gasteiger partial charge in [-0.15, -0.1) is 0 Å². The van der Waals surface area contributed by atoms with Crippen molar-refractivity contribution in [2.75, 3.05) is 41.0 Å². The Morgan fingerprint density at radius 1 is 0.544 bits per heavy atom. The first-order valence-electron chi connectivity index (χ1n) is 21.8. The Hall–Kier alpha value is -3.75. The van der Waals surface area contributed by atoms with E-state index < -0.39 is 18.1 Å². The van der Waals surface area contributed by atoms with Crippen LogP contribution < -0.4 is 5.11 Å². The molecule has 0 heterocycles. The highest BCUT2D eigenvalue weighted by Crippen LogP contribution is 2.13. The molecule has 2 unspecified atom stereocenters. The number of rotatable bonds is 37. The zero-order chi connectivity index (χ0) is 42.1. The van der Waals surface area contributed by atoms with Gasteiger partial charge in [-0.1, -0.05) is 150 Å². The van der Waals surface area contributed by atoms with Crippen LogP contribution in [0.2, 0.25) is 0 Å². The van der Waals surface area contributed by atoms with Gasteiger partial charge in [-0.3, -0.25) is 9.59 Å². The zero-order valence-electron chi connectivity index (χ0n) is 36.5. The number of nitrogens with zero attached hydrogens (tertiary/aromatic N) is 1. The van der Waals surface area contributed by atoms with Gasteiger partial charge in [0.2, 0.25) is 0 Å². The Morgan fingerprint density at radius 2 is 1.02 bits per heavy atom. The Bertz CT molecular complexity index is 1250. The molecule has 0 aliphatic heterocycles. The third-order valence-electron chi connectivity index (χ3n) is 9.06. The standard InChI is InChI=1S/C49H79NO7/c1-6-8-10-12-14-16-18-20-21-22-23-24-25-26-28-30-32-34-36-38-40-48(52)57-45(43-55-42-41-46(49(53)54)50(3,4)5)44-56-47(51)39-37-35-33-31-29-27-19-17-15-13-11-9-7-2/h8-11,13-17,19-21,23-24,27,29,45-46H,6-7,12,18,22,25-26,28,30-44H2,1-5H3/b10-8+,11-9+,15-13+,16-14+,19-17+,21-20+,24-23+,29-27+. The van der Waals surface area contributed by atoms with Gasteiger partial charge in [-0.2, -0.15) is 0 Å². The summed E-state index contributed by atoms with van der Waals surface area (Å²) in [5, 5.41) is 11.6. The van der Waals surface area contributed by atoms with Gasteiger partial charge in [0, 0.05) is 19.3 Å². The Morgan fingerprint density at radius 3 is 1.60 bits per heavy atom. The van der Waals surface area contributed by atoms with E-state index in [1.807, 2.05) is 36.5 Å². The number of esters is 2. The predicted molar refractivity (Wildman–Crippen MR) is 235 cm³/mol. The molecule has 8 heteroatoms. The average Bonchev–Trinajstić information content (AvgIpc) is 3.17. The van der Waals surface area contributed by atoms with Crippen LogP contribution in [0.4, 0.5) is 0 Å². The van der Waals surface area contributed by atoms with Crippen molar-refractivity contribution in [3.8, 4) is 0 Å². The lowest BCUT2D eigenvalue weighted by molar-refractivity contribution is -0.889. The molecule has 0 bridgehead atoms. The van der Waals surface area contributed by atoms with E-state index in [-0.39, 0.29) is 42.7 Å². The molecule has 57 heavy (non-hydrogen) atoms. The number of hydrogen-bond acceptors (Lipinski definition) is 7. The average molecular weight is 794 g/mol. The maximum absolute atomic E-state index is 12.7. The number of carbonyl (C=O) groups is 3. The highest BCUT2D eigenvalue weighted by atomic mass is 16.6. The first-order valence-corrected chi connectivity index (χ1v) is 21.8. The summed E-state index contributed by atoms with van der Waals surface area (Å²) >= 11 is 0. The number of hydrogen-bond donors (Lipinski definition) is 0. The van der Waals surface area contributed by atoms with E-state index in [2.05, 4.69) is 74.6 Å². The normalized spacial score (nSPS) is 13.9. The van der Waals surface area contributed by atoms with Crippen molar-refractivity contribution in [3.05, 3.63) is 97.2 Å². The third-order valence-corrected chi connectivity index (χ3v) is 9.06. The van der Waals surface area contributed by atoms with Crippen molar-refractivity contribution in [2.45, 2.75) is 154 Å². The summed E-state index contributed by atoms with van der Waals surface area (Å²) in [5.74, 6) is -1.82. The molecule has 0 fully saturated rings. The monoisotopic (exact) mass is 794 g/mol. The Labute approximate surface area is 347 Å². The molecule has 0 saturated carbocycles. The van der Waals surface area contributed by atoms with E-state index in [0.29, 0.717) is 12.8 Å². The maximum atomic E-state index is 12.7. The lowest BCUT2D eigenvalue weighted by Crippen LogP contribution is -2.55. The summed E-state index contributed by atoms with van der Waals surface area (Å²) in [7, 11) is 5.38. The smallest absolute Gasteiger partial charge is 0.306 e. The quantitative estimate of drug-likeness (QED) is 0.0203. The molecule has 0 amide bonds. The van der Waals surface area contributed by atoms with Crippen molar-refractivity contribution in [1.29, 1.82) is 0 Å². The zero-order valence-corrected chi connectivity index (χ0v) is 36.5. The summed E-state index contributed by atoms with van der Waals surface area (Å²) in [6, 6.07) is -0.739. The van der Waals surface area contributed by atoms with Crippen LogP contribution in [-0.4, -0.2) is 75.5 Å². The third kappa shape index (κ3) is 37.6. The Balaban J connectivity index is 4.42. The fourth-order valence-electron chi connectivity index (χ4n) is 5.72. The minimum atomic E-state index is -1.14. The number of likely N-dealkylation sites (N-methyl/N-ethyl adjacent to an activating group) is 1. The molecule has 0 aromatic carbocycles. The van der Waals surface area contributed by atoms with Crippen LogP contribution in [0, 0.1) is 0 Å². The van der Waals surface area contributed by atoms with Crippen LogP contribution in [0.3, 0.4) is 0 Å². The predicted octanol–water partition coefficient (Wildman–Crippen LogP) is 10.6. The second-order valence-electron chi connectivity index (χ2n) is 15.3. The number of unbranched alkanes of at least 4 members (excludes halogenated alkanes) is 10. The van der Waals surface area contributed by atoms with E-state index in [1.165, 1.54) is 19.3 Å². The van der Waals surface area contributed by atoms with Crippen LogP contribution >= 0.6 is 0 Å². The fraction of sp³-hybridized carbons (Fsp3) is 0.612. The summed E-state index contributed by atoms with van der Waals surface area (Å²) in [4.78, 5) is 36.8. The molecule has 322 valence electrons. The van der Waals surface area contributed by atoms with Gasteiger partial charge in [0.15, 0.2) is 6.10 Å². The lowest BCUT2D eigenvalue weighted by atomic mass is 10.1. The second kappa shape index (κ2) is 39.1. The van der Waals surface area contributed by atoms with Crippen molar-refractivity contribution >= 4 is 17.9 Å². The fourth-order valence-corrected chi connectivity index (χ4v) is 5.72. The molecule has 8 nitrogen and oxygen atoms in total. The first kappa shape index (κ1) is 53.2. The molecule has 0 aromatic rings. The van der Waals surface area contributed by atoms with Crippen molar-refractivity contribution < 1.29 is 38.2 Å². The number of quaternary nitrogens is 1. The van der Waals surface area contributed by atoms with Crippen LogP contribution in [0.5, 0.6) is 0 Å². The topological polar surface area (TPSA) is 102 Å². The molecule has 0 rings (SSSR count). The summed E-state index contributed by atoms with van der Waals surface area (Å²) in [6.45, 7) is 4.33. The van der Waals surface area contributed by atoms with Gasteiger partial charge in [-0.25, -0.2) is 0 Å². The van der Waals surface area contributed by atoms with Gasteiger partial charge in [0.1, 0.15) is 12.6 Å². The van der Waals surface area contributed by atoms with Crippen LogP contribution in [0.1, 0.15) is 142 Å². The molecule has 2 atom stereocenters. The van der Waals surface area contributed by atoms with Gasteiger partial charge in [0.05, 0.1) is 40.3 Å². The van der Waals surface area contributed by atoms with Crippen LogP contribution in [0.25, 0.3) is 0 Å². The number of carbonyl (C=O) groups excluding carboxylic acids is 3. The number of ether oxygens (including phenoxy) is 3. The lowest BCUT2D eigenvalue weighted by Gasteiger charge is -2.34. The molecule has 0 aromatic heterocycles. The van der Waals surface area contributed by atoms with Crippen molar-refractivity contribution in [3.63, 3.8) is 0 Å². The summed E-state index contributed by atoms with van der Waals surface area (Å²) < 4.78 is 17.1. The number of carboxylic acid groups (broad SMARTS) is 1. The minimum Gasteiger partial charge on any atom is -0.544 e. The number of aliphatic carboxylic acids is 1. The van der Waals surface area contributed by atoms with Crippen molar-refractivity contribution in [2.24, 2.45) is 0 Å². The van der Waals surface area contributed by atoms with Gasteiger partial charge in [0.25, 0.3) is 0 Å². The van der Waals surface area contributed by atoms with E-state index in [9.17, 15) is 19.5 Å². The maximum Gasteiger partial charge on any atom is 0.306 e. The number of carboxylic acids is 1. The second-order valence-corrected chi connectivity index (χ2v) is 15.3. The largest absolute Gasteiger partial charge is 0.544 e. The molecule has 0 radical (unpaired) electrons. The SMILES string of the molecule is CC/C=C/C=C/C=C/C=C/CCCCCC(=O)OCC(COCCC(C(=O)[O-])[N+](C)(C)C)OC(=O)CCCCCCCCC/C=C/C/C=C/C/C=C/C/C=C/CC.